The summed E-state index contributed by atoms with van der Waals surface area (Å²) in [7, 11) is 1.70. The van der Waals surface area contributed by atoms with E-state index in [-0.39, 0.29) is 5.75 Å². The van der Waals surface area contributed by atoms with Crippen molar-refractivity contribution < 1.29 is 5.11 Å². The summed E-state index contributed by atoms with van der Waals surface area (Å²) in [5.41, 5.74) is 0.551. The van der Waals surface area contributed by atoms with Crippen LogP contribution in [0.25, 0.3) is 0 Å². The van der Waals surface area contributed by atoms with Gasteiger partial charge in [-0.1, -0.05) is 27.5 Å². The van der Waals surface area contributed by atoms with Crippen LogP contribution in [-0.4, -0.2) is 12.2 Å². The van der Waals surface area contributed by atoms with Crippen LogP contribution in [0.4, 0.5) is 5.69 Å². The number of benzene rings is 1. The van der Waals surface area contributed by atoms with E-state index in [9.17, 15) is 5.11 Å². The molecule has 0 aromatic heterocycles. The number of phenolic OH excluding ortho intramolecular Hbond substituents is 1. The fourth-order valence-electron chi connectivity index (χ4n) is 0.808. The molecule has 2 nitrogen and oxygen atoms in total. The van der Waals surface area contributed by atoms with Crippen molar-refractivity contribution in [3.8, 4) is 5.75 Å². The van der Waals surface area contributed by atoms with E-state index in [4.69, 9.17) is 11.6 Å². The molecule has 0 atom stereocenters. The van der Waals surface area contributed by atoms with Crippen molar-refractivity contribution in [1.82, 2.24) is 0 Å². The molecule has 0 saturated carbocycles. The zero-order valence-corrected chi connectivity index (χ0v) is 8.20. The number of halogens is 2. The van der Waals surface area contributed by atoms with E-state index < -0.39 is 0 Å². The molecule has 60 valence electrons. The molecule has 0 spiro atoms. The van der Waals surface area contributed by atoms with Crippen molar-refractivity contribution in [2.75, 3.05) is 12.4 Å². The summed E-state index contributed by atoms with van der Waals surface area (Å²) < 4.78 is 0.763. The van der Waals surface area contributed by atoms with Crippen molar-refractivity contribution >= 4 is 33.2 Å². The van der Waals surface area contributed by atoms with Gasteiger partial charge in [0, 0.05) is 11.5 Å². The monoisotopic (exact) mass is 235 g/mol. The van der Waals surface area contributed by atoms with Crippen LogP contribution in [0.5, 0.6) is 5.75 Å². The standard InChI is InChI=1S/C7H7BrClNO/c1-10-7-5(9)2-4(8)3-6(7)11/h2-3,10-11H,1H3. The molecule has 11 heavy (non-hydrogen) atoms. The number of nitrogens with one attached hydrogen (secondary N) is 1. The Kier molecular flexibility index (Phi) is 2.62. The number of aromatic hydroxyl groups is 1. The van der Waals surface area contributed by atoms with Crippen molar-refractivity contribution in [3.63, 3.8) is 0 Å². The number of anilines is 1. The lowest BCUT2D eigenvalue weighted by molar-refractivity contribution is 0.477. The predicted molar refractivity (Wildman–Crippen MR) is 50.4 cm³/mol. The molecule has 0 unspecified atom stereocenters. The zero-order chi connectivity index (χ0) is 8.43. The summed E-state index contributed by atoms with van der Waals surface area (Å²) in [6.07, 6.45) is 0. The normalized spacial score (nSPS) is 9.73. The lowest BCUT2D eigenvalue weighted by atomic mass is 10.3. The maximum atomic E-state index is 9.30. The molecule has 0 bridgehead atoms. The van der Waals surface area contributed by atoms with Crippen molar-refractivity contribution in [2.24, 2.45) is 0 Å². The van der Waals surface area contributed by atoms with Crippen LogP contribution in [0.1, 0.15) is 0 Å². The molecule has 0 heterocycles. The Hall–Kier alpha value is -0.410. The van der Waals surface area contributed by atoms with Gasteiger partial charge in [0.15, 0.2) is 0 Å². The van der Waals surface area contributed by atoms with Gasteiger partial charge >= 0.3 is 0 Å². The molecule has 4 heteroatoms. The highest BCUT2D eigenvalue weighted by Crippen LogP contribution is 2.34. The minimum Gasteiger partial charge on any atom is -0.506 e. The Morgan fingerprint density at radius 1 is 1.55 bits per heavy atom. The lowest BCUT2D eigenvalue weighted by Crippen LogP contribution is -1.89. The fraction of sp³-hybridized carbons (Fsp3) is 0.143. The number of rotatable bonds is 1. The third-order valence-corrected chi connectivity index (χ3v) is 2.04. The van der Waals surface area contributed by atoms with Crippen molar-refractivity contribution in [2.45, 2.75) is 0 Å². The Balaban J connectivity index is 3.25. The molecule has 0 aliphatic heterocycles. The third-order valence-electron chi connectivity index (χ3n) is 1.28. The first kappa shape index (κ1) is 8.68. The van der Waals surface area contributed by atoms with Gasteiger partial charge in [-0.25, -0.2) is 0 Å². The smallest absolute Gasteiger partial charge is 0.141 e. The van der Waals surface area contributed by atoms with Gasteiger partial charge < -0.3 is 10.4 Å². The minimum atomic E-state index is 0.145. The van der Waals surface area contributed by atoms with E-state index in [1.54, 1.807) is 19.2 Å². The maximum absolute atomic E-state index is 9.30. The molecule has 2 N–H and O–H groups in total. The third kappa shape index (κ3) is 1.79. The summed E-state index contributed by atoms with van der Waals surface area (Å²) in [5.74, 6) is 0.145. The van der Waals surface area contributed by atoms with Crippen LogP contribution in [0.3, 0.4) is 0 Å². The Morgan fingerprint density at radius 3 is 2.64 bits per heavy atom. The average molecular weight is 236 g/mol. The maximum Gasteiger partial charge on any atom is 0.141 e. The molecule has 0 radical (unpaired) electrons. The van der Waals surface area contributed by atoms with Crippen LogP contribution in [0, 0.1) is 0 Å². The van der Waals surface area contributed by atoms with E-state index in [1.807, 2.05) is 0 Å². The molecule has 1 aromatic rings. The summed E-state index contributed by atoms with van der Waals surface area (Å²) in [5, 5.41) is 12.6. The molecule has 1 rings (SSSR count). The van der Waals surface area contributed by atoms with Crippen LogP contribution in [0.15, 0.2) is 16.6 Å². The first-order valence-corrected chi connectivity index (χ1v) is 4.18. The van der Waals surface area contributed by atoms with Crippen molar-refractivity contribution in [3.05, 3.63) is 21.6 Å². The molecule has 0 aliphatic rings. The van der Waals surface area contributed by atoms with E-state index in [0.717, 1.165) is 4.47 Å². The van der Waals surface area contributed by atoms with Crippen LogP contribution in [0.2, 0.25) is 5.02 Å². The second-order valence-electron chi connectivity index (χ2n) is 2.03. The van der Waals surface area contributed by atoms with Gasteiger partial charge in [0.25, 0.3) is 0 Å². The van der Waals surface area contributed by atoms with E-state index in [2.05, 4.69) is 21.2 Å². The van der Waals surface area contributed by atoms with E-state index >= 15 is 0 Å². The van der Waals surface area contributed by atoms with Gasteiger partial charge in [-0.2, -0.15) is 0 Å². The molecule has 1 aromatic carbocycles. The SMILES string of the molecule is CNc1c(O)cc(Br)cc1Cl. The molecule has 0 fully saturated rings. The summed E-state index contributed by atoms with van der Waals surface area (Å²) in [6.45, 7) is 0. The van der Waals surface area contributed by atoms with Crippen molar-refractivity contribution in [1.29, 1.82) is 0 Å². The second kappa shape index (κ2) is 3.32. The highest BCUT2D eigenvalue weighted by molar-refractivity contribution is 9.10. The predicted octanol–water partition coefficient (Wildman–Crippen LogP) is 2.85. The lowest BCUT2D eigenvalue weighted by Gasteiger charge is -2.05. The zero-order valence-electron chi connectivity index (χ0n) is 5.86. The van der Waals surface area contributed by atoms with Crippen LogP contribution < -0.4 is 5.32 Å². The Labute approximate surface area is 78.3 Å². The summed E-state index contributed by atoms with van der Waals surface area (Å²) >= 11 is 8.99. The molecule has 0 saturated heterocycles. The van der Waals surface area contributed by atoms with E-state index in [0.29, 0.717) is 10.7 Å². The Morgan fingerprint density at radius 2 is 2.18 bits per heavy atom. The quantitative estimate of drug-likeness (QED) is 0.735. The topological polar surface area (TPSA) is 32.3 Å². The summed E-state index contributed by atoms with van der Waals surface area (Å²) in [4.78, 5) is 0. The first-order chi connectivity index (χ1) is 5.15. The Bertz CT molecular complexity index is 254. The molecular weight excluding hydrogens is 229 g/mol. The van der Waals surface area contributed by atoms with Gasteiger partial charge in [0.05, 0.1) is 10.7 Å². The highest BCUT2D eigenvalue weighted by atomic mass is 79.9. The average Bonchev–Trinajstić information content (AvgIpc) is 1.85. The number of hydrogen-bond donors (Lipinski definition) is 2. The van der Waals surface area contributed by atoms with Crippen LogP contribution in [-0.2, 0) is 0 Å². The largest absolute Gasteiger partial charge is 0.506 e. The second-order valence-corrected chi connectivity index (χ2v) is 3.35. The fourth-order valence-corrected chi connectivity index (χ4v) is 1.69. The van der Waals surface area contributed by atoms with Gasteiger partial charge in [-0.05, 0) is 12.1 Å². The molecular formula is C7H7BrClNO. The van der Waals surface area contributed by atoms with Gasteiger partial charge in [-0.15, -0.1) is 0 Å². The van der Waals surface area contributed by atoms with Gasteiger partial charge in [0.1, 0.15) is 5.75 Å². The van der Waals surface area contributed by atoms with E-state index in [1.165, 1.54) is 0 Å². The minimum absolute atomic E-state index is 0.145. The highest BCUT2D eigenvalue weighted by Gasteiger charge is 2.04. The van der Waals surface area contributed by atoms with Gasteiger partial charge in [0.2, 0.25) is 0 Å². The van der Waals surface area contributed by atoms with Crippen LogP contribution >= 0.6 is 27.5 Å². The number of hydrogen-bond acceptors (Lipinski definition) is 2. The first-order valence-electron chi connectivity index (χ1n) is 3.01. The number of phenols is 1. The summed E-state index contributed by atoms with van der Waals surface area (Å²) in [6, 6.07) is 3.30. The van der Waals surface area contributed by atoms with Gasteiger partial charge in [-0.3, -0.25) is 0 Å². The molecule has 0 aliphatic carbocycles. The molecule has 0 amide bonds.